The van der Waals surface area contributed by atoms with E-state index in [1.165, 1.54) is 18.2 Å². The van der Waals surface area contributed by atoms with E-state index in [9.17, 15) is 23.5 Å². The minimum Gasteiger partial charge on any atom is -0.480 e. The second kappa shape index (κ2) is 15.1. The molecule has 1 aliphatic heterocycles. The van der Waals surface area contributed by atoms with Crippen LogP contribution in [-0.2, 0) is 16.1 Å². The van der Waals surface area contributed by atoms with E-state index in [-0.39, 0.29) is 54.2 Å². The number of nitrogens with zero attached hydrogens (tertiary/aromatic N) is 3. The van der Waals surface area contributed by atoms with Crippen LogP contribution in [0.15, 0.2) is 48.5 Å². The van der Waals surface area contributed by atoms with Crippen molar-refractivity contribution in [2.75, 3.05) is 33.2 Å². The number of amides is 1. The number of carbonyl (C=O) groups excluding carboxylic acids is 1. The van der Waals surface area contributed by atoms with Crippen molar-refractivity contribution in [3.05, 3.63) is 71.3 Å². The maximum absolute atomic E-state index is 14.3. The highest BCUT2D eigenvalue weighted by molar-refractivity contribution is 5.73. The van der Waals surface area contributed by atoms with Gasteiger partial charge in [0.15, 0.2) is 0 Å². The molecule has 9 heteroatoms. The quantitative estimate of drug-likeness (QED) is 0.305. The van der Waals surface area contributed by atoms with Crippen molar-refractivity contribution < 1.29 is 28.2 Å². The molecule has 0 aromatic heterocycles. The highest BCUT2D eigenvalue weighted by Crippen LogP contribution is 2.43. The summed E-state index contributed by atoms with van der Waals surface area (Å²) in [6.07, 6.45) is 3.74. The number of benzene rings is 2. The molecule has 236 valence electrons. The molecule has 1 saturated carbocycles. The first-order valence-corrected chi connectivity index (χ1v) is 15.7. The van der Waals surface area contributed by atoms with Gasteiger partial charge in [-0.1, -0.05) is 45.0 Å². The first-order valence-electron chi connectivity index (χ1n) is 15.7. The second-order valence-corrected chi connectivity index (χ2v) is 12.6. The molecule has 3 unspecified atom stereocenters. The Balaban J connectivity index is 1.39. The summed E-state index contributed by atoms with van der Waals surface area (Å²) in [6.45, 7) is 9.06. The molecule has 0 bridgehead atoms. The molecule has 7 nitrogen and oxygen atoms in total. The smallest absolute Gasteiger partial charge is 0.410 e. The monoisotopic (exact) mass is 599 g/mol. The number of carboxylic acids is 1. The maximum Gasteiger partial charge on any atom is 0.410 e. The van der Waals surface area contributed by atoms with Gasteiger partial charge in [-0.25, -0.2) is 13.6 Å². The molecule has 2 aliphatic rings. The van der Waals surface area contributed by atoms with E-state index >= 15 is 0 Å². The van der Waals surface area contributed by atoms with Crippen LogP contribution in [0.5, 0.6) is 0 Å². The fraction of sp³-hybridized carbons (Fsp3) is 0.588. The first-order chi connectivity index (χ1) is 20.6. The van der Waals surface area contributed by atoms with E-state index in [1.54, 1.807) is 24.3 Å². The van der Waals surface area contributed by atoms with Gasteiger partial charge in [0.25, 0.3) is 0 Å². The molecular weight excluding hydrogens is 552 g/mol. The van der Waals surface area contributed by atoms with Gasteiger partial charge in [0.2, 0.25) is 0 Å². The van der Waals surface area contributed by atoms with Gasteiger partial charge in [-0.3, -0.25) is 9.69 Å². The Labute approximate surface area is 254 Å². The van der Waals surface area contributed by atoms with Crippen LogP contribution >= 0.6 is 0 Å². The number of halogens is 2. The molecule has 1 aliphatic carbocycles. The zero-order chi connectivity index (χ0) is 31.1. The summed E-state index contributed by atoms with van der Waals surface area (Å²) in [5.41, 5.74) is 1.60. The lowest BCUT2D eigenvalue weighted by molar-refractivity contribution is -0.145. The molecule has 2 fully saturated rings. The molecule has 1 N–H and O–H groups in total. The number of piperidine rings is 1. The second-order valence-electron chi connectivity index (χ2n) is 12.6. The maximum atomic E-state index is 14.3. The van der Waals surface area contributed by atoms with Gasteiger partial charge in [-0.05, 0) is 92.3 Å². The fourth-order valence-electron chi connectivity index (χ4n) is 7.20. The van der Waals surface area contributed by atoms with Crippen molar-refractivity contribution in [3.8, 4) is 0 Å². The highest BCUT2D eigenvalue weighted by Gasteiger charge is 2.42. The third-order valence-corrected chi connectivity index (χ3v) is 9.29. The Morgan fingerprint density at radius 1 is 1.02 bits per heavy atom. The number of hydrogen-bond donors (Lipinski definition) is 1. The van der Waals surface area contributed by atoms with E-state index in [0.717, 1.165) is 57.3 Å². The molecule has 1 saturated heterocycles. The molecule has 4 rings (SSSR count). The van der Waals surface area contributed by atoms with Crippen LogP contribution in [-0.4, -0.2) is 83.2 Å². The fourth-order valence-corrected chi connectivity index (χ4v) is 7.20. The van der Waals surface area contributed by atoms with E-state index in [1.807, 2.05) is 43.7 Å². The summed E-state index contributed by atoms with van der Waals surface area (Å²) in [4.78, 5) is 31.4. The summed E-state index contributed by atoms with van der Waals surface area (Å²) in [5, 5.41) is 9.92. The predicted molar refractivity (Wildman–Crippen MR) is 163 cm³/mol. The minimum atomic E-state index is -0.809. The lowest BCUT2D eigenvalue weighted by atomic mass is 9.88. The number of hydrogen-bond acceptors (Lipinski definition) is 5. The molecule has 43 heavy (non-hydrogen) atoms. The summed E-state index contributed by atoms with van der Waals surface area (Å²) >= 11 is 0. The topological polar surface area (TPSA) is 73.3 Å². The van der Waals surface area contributed by atoms with Crippen molar-refractivity contribution in [1.29, 1.82) is 0 Å². The van der Waals surface area contributed by atoms with Crippen LogP contribution in [0.25, 0.3) is 0 Å². The van der Waals surface area contributed by atoms with Crippen molar-refractivity contribution in [2.24, 2.45) is 11.8 Å². The molecule has 1 amide bonds. The minimum absolute atomic E-state index is 0.0280. The van der Waals surface area contributed by atoms with Crippen molar-refractivity contribution in [1.82, 2.24) is 14.7 Å². The number of carboxylic acid groups (broad SMARTS) is 1. The van der Waals surface area contributed by atoms with Crippen molar-refractivity contribution in [2.45, 2.75) is 83.5 Å². The van der Waals surface area contributed by atoms with E-state index in [4.69, 9.17) is 4.74 Å². The normalized spacial score (nSPS) is 22.2. The van der Waals surface area contributed by atoms with Gasteiger partial charge < -0.3 is 19.6 Å². The highest BCUT2D eigenvalue weighted by atomic mass is 19.1. The van der Waals surface area contributed by atoms with Crippen molar-refractivity contribution >= 4 is 12.1 Å². The molecule has 2 aromatic rings. The lowest BCUT2D eigenvalue weighted by Gasteiger charge is -2.39. The van der Waals surface area contributed by atoms with Crippen LogP contribution in [0.4, 0.5) is 13.6 Å². The molecule has 0 radical (unpaired) electrons. The molecular formula is C34H47F2N3O4. The summed E-state index contributed by atoms with van der Waals surface area (Å²) in [5.74, 6) is -1.05. The average Bonchev–Trinajstić information content (AvgIpc) is 3.39. The number of likely N-dealkylation sites (tertiary alicyclic amines) is 1. The zero-order valence-electron chi connectivity index (χ0n) is 25.9. The average molecular weight is 600 g/mol. The van der Waals surface area contributed by atoms with Gasteiger partial charge in [0, 0.05) is 38.3 Å². The van der Waals surface area contributed by atoms with E-state index in [2.05, 4.69) is 4.90 Å². The Kier molecular flexibility index (Phi) is 11.5. The Bertz CT molecular complexity index is 1220. The van der Waals surface area contributed by atoms with Gasteiger partial charge in [0.05, 0.1) is 0 Å². The number of rotatable bonds is 12. The number of ether oxygens (including phenoxy) is 1. The van der Waals surface area contributed by atoms with Crippen LogP contribution in [0.2, 0.25) is 0 Å². The van der Waals surface area contributed by atoms with E-state index in [0.29, 0.717) is 12.1 Å². The van der Waals surface area contributed by atoms with Crippen LogP contribution in [0.3, 0.4) is 0 Å². The summed E-state index contributed by atoms with van der Waals surface area (Å²) in [6, 6.07) is 12.5. The molecule has 1 heterocycles. The third kappa shape index (κ3) is 8.54. The van der Waals surface area contributed by atoms with Gasteiger partial charge >= 0.3 is 12.1 Å². The number of carbonyl (C=O) groups is 2. The Hall–Kier alpha value is -3.04. The van der Waals surface area contributed by atoms with E-state index < -0.39 is 12.0 Å². The molecule has 4 atom stereocenters. The molecule has 2 aromatic carbocycles. The first kappa shape index (κ1) is 32.9. The predicted octanol–water partition coefficient (Wildman–Crippen LogP) is 6.38. The lowest BCUT2D eigenvalue weighted by Crippen LogP contribution is -2.49. The largest absolute Gasteiger partial charge is 0.480 e. The Morgan fingerprint density at radius 3 is 2.30 bits per heavy atom. The number of likely N-dealkylation sites (N-methyl/N-ethyl adjacent to an activating group) is 1. The SMILES string of the molecule is CCCN(C(=O)OCc1cccc(F)c1)C1CCN(CC2CC(N(C)[C@@H](C(=O)O)C(C)C)CC2c2cccc(F)c2)CC1. The standard InChI is InChI=1S/C34H47F2N3O4/c1-5-14-39(34(42)43-22-24-8-6-10-27(35)17-24)29-12-15-38(16-13-29)21-26-19-30(37(4)32(23(2)3)33(40)41)20-31(26)25-9-7-11-28(36)18-25/h6-11,17-18,23,26,29-32H,5,12-16,19-22H2,1-4H3,(H,40,41)/t26?,30?,31?,32-/m1/s1. The summed E-state index contributed by atoms with van der Waals surface area (Å²) in [7, 11) is 1.91. The van der Waals surface area contributed by atoms with Crippen LogP contribution < -0.4 is 0 Å². The summed E-state index contributed by atoms with van der Waals surface area (Å²) < 4.78 is 33.4. The Morgan fingerprint density at radius 2 is 1.70 bits per heavy atom. The van der Waals surface area contributed by atoms with Gasteiger partial charge in [-0.2, -0.15) is 0 Å². The third-order valence-electron chi connectivity index (χ3n) is 9.29. The van der Waals surface area contributed by atoms with Crippen LogP contribution in [0.1, 0.15) is 69.9 Å². The molecule has 0 spiro atoms. The number of aliphatic carboxylic acids is 1. The zero-order valence-corrected chi connectivity index (χ0v) is 25.9. The van der Waals surface area contributed by atoms with Gasteiger partial charge in [0.1, 0.15) is 24.3 Å². The van der Waals surface area contributed by atoms with Crippen molar-refractivity contribution in [3.63, 3.8) is 0 Å². The van der Waals surface area contributed by atoms with Gasteiger partial charge in [-0.15, -0.1) is 0 Å². The van der Waals surface area contributed by atoms with Crippen LogP contribution in [0, 0.1) is 23.5 Å².